The van der Waals surface area contributed by atoms with E-state index in [1.807, 2.05) is 13.8 Å². The molecule has 8 atom stereocenters. The summed E-state index contributed by atoms with van der Waals surface area (Å²) < 4.78 is 13.2. The zero-order valence-electron chi connectivity index (χ0n) is 27.7. The summed E-state index contributed by atoms with van der Waals surface area (Å²) in [5.74, 6) is 1.90. The summed E-state index contributed by atoms with van der Waals surface area (Å²) in [5.41, 5.74) is 2.63. The van der Waals surface area contributed by atoms with Crippen LogP contribution >= 0.6 is 0 Å². The maximum absolute atomic E-state index is 12.5. The summed E-state index contributed by atoms with van der Waals surface area (Å²) in [7, 11) is -1.84. The summed E-state index contributed by atoms with van der Waals surface area (Å²) in [5, 5.41) is 10.4. The van der Waals surface area contributed by atoms with E-state index in [4.69, 9.17) is 9.16 Å². The minimum absolute atomic E-state index is 0.0230. The molecule has 4 aliphatic rings. The van der Waals surface area contributed by atoms with Crippen LogP contribution < -0.4 is 0 Å². The van der Waals surface area contributed by atoms with Crippen molar-refractivity contribution >= 4 is 14.3 Å². The number of esters is 1. The lowest BCUT2D eigenvalue weighted by atomic mass is 9.49. The van der Waals surface area contributed by atoms with Crippen molar-refractivity contribution in [3.63, 3.8) is 0 Å². The molecule has 0 saturated heterocycles. The molecule has 0 aromatic heterocycles. The molecule has 0 spiro atoms. The van der Waals surface area contributed by atoms with Crippen molar-refractivity contribution in [2.24, 2.45) is 34.5 Å². The van der Waals surface area contributed by atoms with Crippen LogP contribution in [0.2, 0.25) is 18.1 Å². The predicted octanol–water partition coefficient (Wildman–Crippen LogP) is 8.99. The van der Waals surface area contributed by atoms with E-state index in [-0.39, 0.29) is 40.0 Å². The van der Waals surface area contributed by atoms with Crippen molar-refractivity contribution in [1.29, 1.82) is 0 Å². The molecule has 228 valence electrons. The third kappa shape index (κ3) is 6.09. The first-order chi connectivity index (χ1) is 18.3. The van der Waals surface area contributed by atoms with Crippen LogP contribution in [-0.4, -0.2) is 37.2 Å². The van der Waals surface area contributed by atoms with E-state index in [0.717, 1.165) is 44.9 Å². The molecule has 4 rings (SSSR count). The standard InChI is InChI=1S/C35H60O4Si/c1-23(13-12-19-33(6,7)37)28-16-17-29-27-15-14-25-21-26(39-40(10,11)32(3,4)5)18-20-34(25,8)31(27)30(38-24(2)36)22-35(28,29)9/h14-15,23,26,28-31,37H,12-13,16-22H2,1-11H3/t23-,26+,28-,29+,30-,31-,34+,35-/m1/s1. The SMILES string of the molecule is CC(=O)O[C@@H]1C[C@]2(C)[C@@H]([C@H](C)CCCC(C)(C)O)CC[C@H]2C2=CC=C3C[C@@H](O[Si](C)(C)C(C)(C)C)CC[C@]3(C)[C@H]21. The van der Waals surface area contributed by atoms with Gasteiger partial charge in [0.2, 0.25) is 0 Å². The van der Waals surface area contributed by atoms with Gasteiger partial charge < -0.3 is 14.3 Å². The molecule has 4 nitrogen and oxygen atoms in total. The van der Waals surface area contributed by atoms with Gasteiger partial charge in [-0.15, -0.1) is 0 Å². The normalized spacial score (nSPS) is 37.0. The van der Waals surface area contributed by atoms with Gasteiger partial charge in [0.05, 0.1) is 5.60 Å². The van der Waals surface area contributed by atoms with Crippen LogP contribution in [0.15, 0.2) is 23.3 Å². The molecule has 3 saturated carbocycles. The molecular weight excluding hydrogens is 512 g/mol. The molecule has 0 aromatic rings. The Morgan fingerprint density at radius 3 is 2.40 bits per heavy atom. The lowest BCUT2D eigenvalue weighted by Gasteiger charge is -2.58. The van der Waals surface area contributed by atoms with Crippen LogP contribution in [0.3, 0.4) is 0 Å². The van der Waals surface area contributed by atoms with Crippen LogP contribution in [0.25, 0.3) is 0 Å². The number of aliphatic hydroxyl groups is 1. The Bertz CT molecular complexity index is 1010. The van der Waals surface area contributed by atoms with Crippen molar-refractivity contribution in [2.45, 2.75) is 156 Å². The third-order valence-electron chi connectivity index (χ3n) is 12.2. The van der Waals surface area contributed by atoms with Crippen LogP contribution in [0.4, 0.5) is 0 Å². The van der Waals surface area contributed by atoms with Crippen LogP contribution in [0.1, 0.15) is 120 Å². The molecule has 0 aliphatic heterocycles. The van der Waals surface area contributed by atoms with Crippen LogP contribution in [0.5, 0.6) is 0 Å². The fraction of sp³-hybridized carbons (Fsp3) is 0.857. The second-order valence-electron chi connectivity index (χ2n) is 16.8. The van der Waals surface area contributed by atoms with Gasteiger partial charge in [0.1, 0.15) is 6.10 Å². The first-order valence-electron chi connectivity index (χ1n) is 16.3. The van der Waals surface area contributed by atoms with Crippen LogP contribution in [0, 0.1) is 34.5 Å². The molecule has 0 heterocycles. The summed E-state index contributed by atoms with van der Waals surface area (Å²) in [6, 6.07) is 0. The van der Waals surface area contributed by atoms with Gasteiger partial charge in [0.15, 0.2) is 8.32 Å². The number of carbonyl (C=O) groups is 1. The third-order valence-corrected chi connectivity index (χ3v) is 16.8. The maximum atomic E-state index is 12.5. The molecule has 3 fully saturated rings. The largest absolute Gasteiger partial charge is 0.462 e. The first kappa shape index (κ1) is 32.0. The highest BCUT2D eigenvalue weighted by atomic mass is 28.4. The molecule has 0 unspecified atom stereocenters. The first-order valence-corrected chi connectivity index (χ1v) is 19.2. The molecule has 0 amide bonds. The molecule has 40 heavy (non-hydrogen) atoms. The number of fused-ring (bicyclic) bond motifs is 5. The van der Waals surface area contributed by atoms with Gasteiger partial charge in [-0.3, -0.25) is 4.79 Å². The molecular formula is C35H60O4Si. The van der Waals surface area contributed by atoms with Crippen molar-refractivity contribution in [2.75, 3.05) is 0 Å². The predicted molar refractivity (Wildman–Crippen MR) is 167 cm³/mol. The quantitative estimate of drug-likeness (QED) is 0.233. The number of rotatable bonds is 8. The van der Waals surface area contributed by atoms with E-state index in [1.54, 1.807) is 12.5 Å². The van der Waals surface area contributed by atoms with Crippen molar-refractivity contribution in [3.05, 3.63) is 23.3 Å². The van der Waals surface area contributed by atoms with Gasteiger partial charge in [-0.25, -0.2) is 0 Å². The van der Waals surface area contributed by atoms with Crippen molar-refractivity contribution < 1.29 is 19.1 Å². The Morgan fingerprint density at radius 2 is 1.80 bits per heavy atom. The Labute approximate surface area is 246 Å². The van der Waals surface area contributed by atoms with Crippen molar-refractivity contribution in [1.82, 2.24) is 0 Å². The van der Waals surface area contributed by atoms with E-state index < -0.39 is 13.9 Å². The fourth-order valence-electron chi connectivity index (χ4n) is 9.11. The fourth-order valence-corrected chi connectivity index (χ4v) is 10.5. The second-order valence-corrected chi connectivity index (χ2v) is 21.5. The van der Waals surface area contributed by atoms with Gasteiger partial charge >= 0.3 is 5.97 Å². The maximum Gasteiger partial charge on any atom is 0.302 e. The smallest absolute Gasteiger partial charge is 0.302 e. The van der Waals surface area contributed by atoms with E-state index in [9.17, 15) is 9.90 Å². The lowest BCUT2D eigenvalue weighted by Crippen LogP contribution is -2.54. The van der Waals surface area contributed by atoms with E-state index >= 15 is 0 Å². The molecule has 5 heteroatoms. The van der Waals surface area contributed by atoms with Gasteiger partial charge in [0.25, 0.3) is 0 Å². The molecule has 4 aliphatic carbocycles. The topological polar surface area (TPSA) is 55.8 Å². The second kappa shape index (κ2) is 11.0. The number of allylic oxidation sites excluding steroid dienone is 2. The highest BCUT2D eigenvalue weighted by Crippen LogP contribution is 2.67. The lowest BCUT2D eigenvalue weighted by molar-refractivity contribution is -0.158. The van der Waals surface area contributed by atoms with Crippen molar-refractivity contribution in [3.8, 4) is 0 Å². The highest BCUT2D eigenvalue weighted by molar-refractivity contribution is 6.74. The Hall–Kier alpha value is -0.913. The van der Waals surface area contributed by atoms with Gasteiger partial charge in [-0.05, 0) is 106 Å². The average molecular weight is 573 g/mol. The molecule has 0 aromatic carbocycles. The van der Waals surface area contributed by atoms with Gasteiger partial charge in [-0.1, -0.05) is 77.7 Å². The highest BCUT2D eigenvalue weighted by Gasteiger charge is 2.61. The number of hydrogen-bond acceptors (Lipinski definition) is 4. The Morgan fingerprint density at radius 1 is 1.12 bits per heavy atom. The zero-order valence-corrected chi connectivity index (χ0v) is 28.7. The Kier molecular flexibility index (Phi) is 8.78. The van der Waals surface area contributed by atoms with E-state index in [1.165, 1.54) is 18.4 Å². The summed E-state index contributed by atoms with van der Waals surface area (Å²) in [6.07, 6.45) is 14.8. The Balaban J connectivity index is 1.61. The monoisotopic (exact) mass is 572 g/mol. The van der Waals surface area contributed by atoms with E-state index in [2.05, 4.69) is 66.8 Å². The average Bonchev–Trinajstić information content (AvgIpc) is 3.13. The summed E-state index contributed by atoms with van der Waals surface area (Å²) >= 11 is 0. The number of ether oxygens (including phenoxy) is 1. The van der Waals surface area contributed by atoms with Gasteiger partial charge in [-0.2, -0.15) is 0 Å². The minimum Gasteiger partial charge on any atom is -0.462 e. The molecule has 1 N–H and O–H groups in total. The minimum atomic E-state index is -1.84. The van der Waals surface area contributed by atoms with E-state index in [0.29, 0.717) is 17.8 Å². The molecule has 0 bridgehead atoms. The summed E-state index contributed by atoms with van der Waals surface area (Å²) in [4.78, 5) is 12.5. The van der Waals surface area contributed by atoms with Crippen LogP contribution in [-0.2, 0) is 14.0 Å². The number of carbonyl (C=O) groups excluding carboxylic acids is 1. The summed E-state index contributed by atoms with van der Waals surface area (Å²) in [6.45, 7) is 24.5. The van der Waals surface area contributed by atoms with Gasteiger partial charge in [0, 0.05) is 18.9 Å². The molecule has 0 radical (unpaired) electrons. The zero-order chi connectivity index (χ0) is 29.9. The number of hydrogen-bond donors (Lipinski definition) is 1.